The summed E-state index contributed by atoms with van der Waals surface area (Å²) < 4.78 is 0. The van der Waals surface area contributed by atoms with Crippen LogP contribution in [-0.4, -0.2) is 34.5 Å². The number of nitrogens with one attached hydrogen (secondary N) is 1. The van der Waals surface area contributed by atoms with E-state index in [-0.39, 0.29) is 11.9 Å². The number of carbonyl (C=O) groups is 2. The highest BCUT2D eigenvalue weighted by atomic mass is 32.2. The maximum absolute atomic E-state index is 12.2. The van der Waals surface area contributed by atoms with Crippen molar-refractivity contribution < 1.29 is 14.7 Å². The molecule has 2 rings (SSSR count). The quantitative estimate of drug-likeness (QED) is 0.816. The standard InChI is InChI=1S/C15H19NO3S2/c1-20-12-4-2-3-10(9-12)16-15(19)13-7-5-11(21-13)6-8-14(17)18/h5-8,10,12H,2-4,9H2,1H3,(H,16,19)(H,17,18)/b8-6+. The molecule has 1 amide bonds. The van der Waals surface area contributed by atoms with Crippen LogP contribution in [0.25, 0.3) is 6.08 Å². The highest BCUT2D eigenvalue weighted by Crippen LogP contribution is 2.27. The second-order valence-corrected chi connectivity index (χ2v) is 7.32. The molecule has 6 heteroatoms. The minimum absolute atomic E-state index is 0.0540. The number of thioether (sulfide) groups is 1. The van der Waals surface area contributed by atoms with E-state index in [9.17, 15) is 9.59 Å². The van der Waals surface area contributed by atoms with Crippen LogP contribution in [0.1, 0.15) is 40.2 Å². The normalized spacial score (nSPS) is 22.3. The number of thiophene rings is 1. The van der Waals surface area contributed by atoms with Gasteiger partial charge in [0.1, 0.15) is 0 Å². The SMILES string of the molecule is CSC1CCCC(NC(=O)c2ccc(/C=C/C(=O)O)s2)C1. The molecule has 1 aromatic heterocycles. The van der Waals surface area contributed by atoms with Crippen LogP contribution in [0, 0.1) is 0 Å². The Morgan fingerprint density at radius 3 is 2.95 bits per heavy atom. The maximum atomic E-state index is 12.2. The Balaban J connectivity index is 1.92. The Bertz CT molecular complexity index is 539. The van der Waals surface area contributed by atoms with Gasteiger partial charge < -0.3 is 10.4 Å². The molecule has 1 fully saturated rings. The molecule has 0 bridgehead atoms. The molecule has 4 nitrogen and oxygen atoms in total. The monoisotopic (exact) mass is 325 g/mol. The molecule has 0 saturated heterocycles. The molecule has 0 aliphatic heterocycles. The topological polar surface area (TPSA) is 66.4 Å². The van der Waals surface area contributed by atoms with Gasteiger partial charge in [-0.2, -0.15) is 11.8 Å². The van der Waals surface area contributed by atoms with Crippen molar-refractivity contribution >= 4 is 41.1 Å². The first-order valence-corrected chi connectivity index (χ1v) is 9.03. The van der Waals surface area contributed by atoms with E-state index in [4.69, 9.17) is 5.11 Å². The summed E-state index contributed by atoms with van der Waals surface area (Å²) in [5.41, 5.74) is 0. The first-order chi connectivity index (χ1) is 10.1. The highest BCUT2D eigenvalue weighted by Gasteiger charge is 2.23. The fourth-order valence-electron chi connectivity index (χ4n) is 2.46. The molecule has 1 aliphatic carbocycles. The molecule has 1 aromatic rings. The lowest BCUT2D eigenvalue weighted by atomic mass is 9.95. The van der Waals surface area contributed by atoms with Gasteiger partial charge in [0.05, 0.1) is 4.88 Å². The van der Waals surface area contributed by atoms with Gasteiger partial charge in [0, 0.05) is 22.2 Å². The molecule has 114 valence electrons. The first-order valence-electron chi connectivity index (χ1n) is 6.93. The zero-order valence-corrected chi connectivity index (χ0v) is 13.5. The summed E-state index contributed by atoms with van der Waals surface area (Å²) in [4.78, 5) is 24.1. The molecule has 1 aliphatic rings. The molecule has 21 heavy (non-hydrogen) atoms. The van der Waals surface area contributed by atoms with Crippen LogP contribution in [0.3, 0.4) is 0 Å². The van der Waals surface area contributed by atoms with Crippen molar-refractivity contribution in [2.45, 2.75) is 37.0 Å². The summed E-state index contributed by atoms with van der Waals surface area (Å²) in [7, 11) is 0. The third-order valence-corrected chi connectivity index (χ3v) is 5.68. The Kier molecular flexibility index (Phi) is 5.87. The van der Waals surface area contributed by atoms with Crippen molar-refractivity contribution in [3.05, 3.63) is 28.0 Å². The molecule has 2 atom stereocenters. The van der Waals surface area contributed by atoms with Gasteiger partial charge in [-0.1, -0.05) is 6.42 Å². The lowest BCUT2D eigenvalue weighted by molar-refractivity contribution is -0.131. The summed E-state index contributed by atoms with van der Waals surface area (Å²) in [5.74, 6) is -1.04. The lowest BCUT2D eigenvalue weighted by Gasteiger charge is -2.28. The summed E-state index contributed by atoms with van der Waals surface area (Å²) >= 11 is 3.18. The van der Waals surface area contributed by atoms with Gasteiger partial charge in [-0.05, 0) is 43.7 Å². The predicted molar refractivity (Wildman–Crippen MR) is 88.0 cm³/mol. The molecular weight excluding hydrogens is 306 g/mol. The maximum Gasteiger partial charge on any atom is 0.328 e. The zero-order valence-electron chi connectivity index (χ0n) is 11.9. The van der Waals surface area contributed by atoms with Gasteiger partial charge in [0.15, 0.2) is 0 Å². The summed E-state index contributed by atoms with van der Waals surface area (Å²) in [6.07, 6.45) is 9.18. The third kappa shape index (κ3) is 4.89. The minimum atomic E-state index is -0.986. The first kappa shape index (κ1) is 16.1. The second kappa shape index (κ2) is 7.66. The number of hydrogen-bond donors (Lipinski definition) is 2. The van der Waals surface area contributed by atoms with E-state index in [1.165, 1.54) is 23.8 Å². The van der Waals surface area contributed by atoms with Crippen molar-refractivity contribution in [2.24, 2.45) is 0 Å². The van der Waals surface area contributed by atoms with E-state index in [1.807, 2.05) is 11.8 Å². The van der Waals surface area contributed by atoms with E-state index in [0.29, 0.717) is 10.1 Å². The number of carboxylic acids is 1. The van der Waals surface area contributed by atoms with Crippen molar-refractivity contribution in [2.75, 3.05) is 6.26 Å². The van der Waals surface area contributed by atoms with Crippen LogP contribution < -0.4 is 5.32 Å². The smallest absolute Gasteiger partial charge is 0.328 e. The van der Waals surface area contributed by atoms with Crippen LogP contribution in [-0.2, 0) is 4.79 Å². The Hall–Kier alpha value is -1.27. The van der Waals surface area contributed by atoms with Crippen LogP contribution in [0.15, 0.2) is 18.2 Å². The van der Waals surface area contributed by atoms with Gasteiger partial charge >= 0.3 is 5.97 Å². The Labute approximate surface area is 132 Å². The number of aliphatic carboxylic acids is 1. The molecule has 0 aromatic carbocycles. The van der Waals surface area contributed by atoms with E-state index < -0.39 is 5.97 Å². The van der Waals surface area contributed by atoms with Crippen molar-refractivity contribution in [3.8, 4) is 0 Å². The lowest BCUT2D eigenvalue weighted by Crippen LogP contribution is -2.38. The van der Waals surface area contributed by atoms with E-state index >= 15 is 0 Å². The number of carboxylic acid groups (broad SMARTS) is 1. The predicted octanol–water partition coefficient (Wildman–Crippen LogP) is 3.25. The minimum Gasteiger partial charge on any atom is -0.478 e. The fourth-order valence-corrected chi connectivity index (χ4v) is 4.11. The van der Waals surface area contributed by atoms with E-state index in [2.05, 4.69) is 11.6 Å². The Morgan fingerprint density at radius 2 is 2.24 bits per heavy atom. The number of rotatable bonds is 5. The zero-order chi connectivity index (χ0) is 15.2. The van der Waals surface area contributed by atoms with Crippen molar-refractivity contribution in [3.63, 3.8) is 0 Å². The Morgan fingerprint density at radius 1 is 1.43 bits per heavy atom. The van der Waals surface area contributed by atoms with Crippen LogP contribution in [0.4, 0.5) is 0 Å². The van der Waals surface area contributed by atoms with E-state index in [0.717, 1.165) is 30.2 Å². The van der Waals surface area contributed by atoms with Gasteiger partial charge in [0.2, 0.25) is 0 Å². The fraction of sp³-hybridized carbons (Fsp3) is 0.467. The van der Waals surface area contributed by atoms with Gasteiger partial charge in [-0.25, -0.2) is 4.79 Å². The molecule has 1 saturated carbocycles. The number of carbonyl (C=O) groups excluding carboxylic acids is 1. The number of hydrogen-bond acceptors (Lipinski definition) is 4. The largest absolute Gasteiger partial charge is 0.478 e. The van der Waals surface area contributed by atoms with Gasteiger partial charge in [0.25, 0.3) is 5.91 Å². The van der Waals surface area contributed by atoms with Crippen LogP contribution >= 0.6 is 23.1 Å². The average molecular weight is 325 g/mol. The summed E-state index contributed by atoms with van der Waals surface area (Å²) in [6, 6.07) is 3.77. The summed E-state index contributed by atoms with van der Waals surface area (Å²) in [6.45, 7) is 0. The second-order valence-electron chi connectivity index (χ2n) is 5.07. The third-order valence-electron chi connectivity index (χ3n) is 3.54. The van der Waals surface area contributed by atoms with E-state index in [1.54, 1.807) is 12.1 Å². The number of amides is 1. The highest BCUT2D eigenvalue weighted by molar-refractivity contribution is 7.99. The molecule has 2 N–H and O–H groups in total. The van der Waals surface area contributed by atoms with Gasteiger partial charge in [-0.3, -0.25) is 4.79 Å². The van der Waals surface area contributed by atoms with Gasteiger partial charge in [-0.15, -0.1) is 11.3 Å². The molecule has 1 heterocycles. The molecule has 2 unspecified atom stereocenters. The molecular formula is C15H19NO3S2. The van der Waals surface area contributed by atoms with Crippen molar-refractivity contribution in [1.82, 2.24) is 5.32 Å². The summed E-state index contributed by atoms with van der Waals surface area (Å²) in [5, 5.41) is 12.3. The van der Waals surface area contributed by atoms with Crippen molar-refractivity contribution in [1.29, 1.82) is 0 Å². The molecule has 0 spiro atoms. The average Bonchev–Trinajstić information content (AvgIpc) is 2.94. The van der Waals surface area contributed by atoms with Crippen LogP contribution in [0.5, 0.6) is 0 Å². The van der Waals surface area contributed by atoms with Crippen LogP contribution in [0.2, 0.25) is 0 Å². The molecule has 0 radical (unpaired) electrons.